The Morgan fingerprint density at radius 2 is 2.05 bits per heavy atom. The van der Waals surface area contributed by atoms with E-state index in [1.165, 1.54) is 22.6 Å². The first-order valence-electron chi connectivity index (χ1n) is 7.95. The first-order chi connectivity index (χ1) is 10.2. The highest BCUT2D eigenvalue weighted by molar-refractivity contribution is 7.99. The van der Waals surface area contributed by atoms with Gasteiger partial charge in [0.05, 0.1) is 13.2 Å². The van der Waals surface area contributed by atoms with Crippen LogP contribution in [0.3, 0.4) is 0 Å². The van der Waals surface area contributed by atoms with Crippen LogP contribution in [0.2, 0.25) is 0 Å². The molecule has 0 aromatic heterocycles. The van der Waals surface area contributed by atoms with E-state index >= 15 is 0 Å². The summed E-state index contributed by atoms with van der Waals surface area (Å²) in [6.07, 6.45) is 1.22. The Morgan fingerprint density at radius 3 is 2.86 bits per heavy atom. The Kier molecular flexibility index (Phi) is 4.89. The van der Waals surface area contributed by atoms with Gasteiger partial charge in [-0.3, -0.25) is 4.90 Å². The van der Waals surface area contributed by atoms with Gasteiger partial charge in [0.25, 0.3) is 0 Å². The zero-order valence-electron chi connectivity index (χ0n) is 13.1. The third-order valence-corrected chi connectivity index (χ3v) is 5.73. The molecule has 0 radical (unpaired) electrons. The lowest BCUT2D eigenvalue weighted by molar-refractivity contribution is -0.0104. The van der Waals surface area contributed by atoms with Crippen LogP contribution in [0.25, 0.3) is 0 Å². The van der Waals surface area contributed by atoms with Gasteiger partial charge >= 0.3 is 0 Å². The lowest BCUT2D eigenvalue weighted by Gasteiger charge is -2.42. The molecule has 1 aromatic rings. The maximum atomic E-state index is 5.47. The summed E-state index contributed by atoms with van der Waals surface area (Å²) in [5.74, 6) is 1.21. The first kappa shape index (κ1) is 15.3. The summed E-state index contributed by atoms with van der Waals surface area (Å²) in [5.41, 5.74) is 1.66. The van der Waals surface area contributed by atoms with E-state index in [9.17, 15) is 0 Å². The third kappa shape index (κ3) is 3.62. The molecule has 1 aromatic carbocycles. The Labute approximate surface area is 132 Å². The van der Waals surface area contributed by atoms with Crippen LogP contribution in [-0.2, 0) is 4.74 Å². The quantitative estimate of drug-likeness (QED) is 0.924. The lowest BCUT2D eigenvalue weighted by Crippen LogP contribution is -2.55. The van der Waals surface area contributed by atoms with Gasteiger partial charge in [-0.1, -0.05) is 18.2 Å². The zero-order valence-corrected chi connectivity index (χ0v) is 13.9. The molecule has 2 heterocycles. The predicted octanol–water partition coefficient (Wildman–Crippen LogP) is 2.92. The van der Waals surface area contributed by atoms with Crippen molar-refractivity contribution >= 4 is 11.8 Å². The average Bonchev–Trinajstić information content (AvgIpc) is 2.54. The summed E-state index contributed by atoms with van der Waals surface area (Å²) >= 11 is 1.99. The molecule has 1 fully saturated rings. The number of fused-ring (bicyclic) bond motifs is 1. The van der Waals surface area contributed by atoms with Gasteiger partial charge < -0.3 is 10.1 Å². The zero-order chi connectivity index (χ0) is 14.7. The van der Waals surface area contributed by atoms with Gasteiger partial charge in [-0.2, -0.15) is 0 Å². The van der Waals surface area contributed by atoms with Crippen molar-refractivity contribution < 1.29 is 4.74 Å². The number of thioether (sulfide) groups is 1. The molecule has 3 nitrogen and oxygen atoms in total. The minimum absolute atomic E-state index is 0.184. The molecule has 0 bridgehead atoms. The number of hydrogen-bond donors (Lipinski definition) is 1. The SMILES string of the molecule is CC(C)(CNC1CCSc2ccccc21)N1CCOCC1. The van der Waals surface area contributed by atoms with Crippen molar-refractivity contribution in [1.82, 2.24) is 10.2 Å². The van der Waals surface area contributed by atoms with Gasteiger partial charge in [-0.25, -0.2) is 0 Å². The normalized spacial score (nSPS) is 23.8. The van der Waals surface area contributed by atoms with Crippen molar-refractivity contribution in [2.24, 2.45) is 0 Å². The fraction of sp³-hybridized carbons (Fsp3) is 0.647. The third-order valence-electron chi connectivity index (χ3n) is 4.61. The number of nitrogens with zero attached hydrogens (tertiary/aromatic N) is 1. The number of morpholine rings is 1. The molecule has 21 heavy (non-hydrogen) atoms. The second-order valence-electron chi connectivity index (χ2n) is 6.52. The van der Waals surface area contributed by atoms with Gasteiger partial charge in [0, 0.05) is 36.1 Å². The minimum atomic E-state index is 0.184. The molecule has 3 rings (SSSR count). The minimum Gasteiger partial charge on any atom is -0.379 e. The van der Waals surface area contributed by atoms with Crippen LogP contribution in [0, 0.1) is 0 Å². The van der Waals surface area contributed by atoms with E-state index in [-0.39, 0.29) is 5.54 Å². The van der Waals surface area contributed by atoms with Crippen molar-refractivity contribution in [2.45, 2.75) is 36.7 Å². The summed E-state index contributed by atoms with van der Waals surface area (Å²) in [4.78, 5) is 4.00. The van der Waals surface area contributed by atoms with E-state index in [1.54, 1.807) is 0 Å². The average molecular weight is 306 g/mol. The Hall–Kier alpha value is -0.550. The standard InChI is InChI=1S/C17H26N2OS/c1-17(2,19-8-10-20-11-9-19)13-18-15-7-12-21-16-6-4-3-5-14(15)16/h3-6,15,18H,7-13H2,1-2H3. The summed E-state index contributed by atoms with van der Waals surface area (Å²) in [6.45, 7) is 9.54. The Bertz CT molecular complexity index is 472. The highest BCUT2D eigenvalue weighted by atomic mass is 32.2. The molecule has 116 valence electrons. The molecule has 0 spiro atoms. The van der Waals surface area contributed by atoms with E-state index in [1.807, 2.05) is 11.8 Å². The Balaban J connectivity index is 1.62. The van der Waals surface area contributed by atoms with Crippen LogP contribution in [0.5, 0.6) is 0 Å². The highest BCUT2D eigenvalue weighted by Gasteiger charge is 2.29. The molecule has 1 unspecified atom stereocenters. The van der Waals surface area contributed by atoms with Crippen molar-refractivity contribution in [3.63, 3.8) is 0 Å². The Morgan fingerprint density at radius 1 is 1.29 bits per heavy atom. The smallest absolute Gasteiger partial charge is 0.0594 e. The van der Waals surface area contributed by atoms with E-state index in [2.05, 4.69) is 48.3 Å². The largest absolute Gasteiger partial charge is 0.379 e. The number of hydrogen-bond acceptors (Lipinski definition) is 4. The van der Waals surface area contributed by atoms with Crippen LogP contribution in [0.15, 0.2) is 29.2 Å². The molecule has 2 aliphatic heterocycles. The van der Waals surface area contributed by atoms with Gasteiger partial charge in [0.1, 0.15) is 0 Å². The van der Waals surface area contributed by atoms with Crippen LogP contribution >= 0.6 is 11.8 Å². The maximum absolute atomic E-state index is 5.47. The van der Waals surface area contributed by atoms with Crippen LogP contribution in [0.1, 0.15) is 31.9 Å². The number of rotatable bonds is 4. The van der Waals surface area contributed by atoms with Gasteiger partial charge in [-0.05, 0) is 37.7 Å². The van der Waals surface area contributed by atoms with E-state index in [0.717, 1.165) is 32.8 Å². The summed E-state index contributed by atoms with van der Waals surface area (Å²) in [7, 11) is 0. The van der Waals surface area contributed by atoms with Crippen LogP contribution < -0.4 is 5.32 Å². The highest BCUT2D eigenvalue weighted by Crippen LogP contribution is 2.36. The fourth-order valence-corrected chi connectivity index (χ4v) is 4.33. The fourth-order valence-electron chi connectivity index (χ4n) is 3.21. The summed E-state index contributed by atoms with van der Waals surface area (Å²) in [5, 5.41) is 3.82. The van der Waals surface area contributed by atoms with Crippen molar-refractivity contribution in [1.29, 1.82) is 0 Å². The second kappa shape index (κ2) is 6.69. The molecular weight excluding hydrogens is 280 g/mol. The van der Waals surface area contributed by atoms with Crippen LogP contribution in [0.4, 0.5) is 0 Å². The van der Waals surface area contributed by atoms with Crippen molar-refractivity contribution in [3.05, 3.63) is 29.8 Å². The number of ether oxygens (including phenoxy) is 1. The van der Waals surface area contributed by atoms with Gasteiger partial charge in [0.15, 0.2) is 0 Å². The van der Waals surface area contributed by atoms with Crippen LogP contribution in [-0.4, -0.2) is 49.0 Å². The molecule has 1 atom stereocenters. The molecule has 0 saturated carbocycles. The number of benzene rings is 1. The summed E-state index contributed by atoms with van der Waals surface area (Å²) < 4.78 is 5.47. The summed E-state index contributed by atoms with van der Waals surface area (Å²) in [6, 6.07) is 9.34. The van der Waals surface area contributed by atoms with E-state index < -0.39 is 0 Å². The van der Waals surface area contributed by atoms with Gasteiger partial charge in [-0.15, -0.1) is 11.8 Å². The molecule has 1 saturated heterocycles. The van der Waals surface area contributed by atoms with E-state index in [4.69, 9.17) is 4.74 Å². The molecule has 1 N–H and O–H groups in total. The molecule has 4 heteroatoms. The van der Waals surface area contributed by atoms with Gasteiger partial charge in [0.2, 0.25) is 0 Å². The molecule has 0 amide bonds. The predicted molar refractivity (Wildman–Crippen MR) is 89.0 cm³/mol. The van der Waals surface area contributed by atoms with Crippen molar-refractivity contribution in [3.8, 4) is 0 Å². The monoisotopic (exact) mass is 306 g/mol. The van der Waals surface area contributed by atoms with E-state index in [0.29, 0.717) is 6.04 Å². The molecular formula is C17H26N2OS. The topological polar surface area (TPSA) is 24.5 Å². The molecule has 2 aliphatic rings. The second-order valence-corrected chi connectivity index (χ2v) is 7.66. The number of nitrogens with one attached hydrogen (secondary N) is 1. The maximum Gasteiger partial charge on any atom is 0.0594 e. The van der Waals surface area contributed by atoms with Crippen molar-refractivity contribution in [2.75, 3.05) is 38.6 Å². The lowest BCUT2D eigenvalue weighted by atomic mass is 9.99. The first-order valence-corrected chi connectivity index (χ1v) is 8.93. The molecule has 0 aliphatic carbocycles.